The van der Waals surface area contributed by atoms with Crippen LogP contribution in [0, 0.1) is 6.92 Å². The third-order valence-electron chi connectivity index (χ3n) is 2.91. The Kier molecular flexibility index (Phi) is 4.97. The summed E-state index contributed by atoms with van der Waals surface area (Å²) in [7, 11) is 0. The molecule has 0 bridgehead atoms. The van der Waals surface area contributed by atoms with E-state index in [1.807, 2.05) is 26.0 Å². The van der Waals surface area contributed by atoms with Crippen LogP contribution in [-0.2, 0) is 16.1 Å². The molecule has 0 unspecified atom stereocenters. The molecule has 98 valence electrons. The van der Waals surface area contributed by atoms with Gasteiger partial charge in [0.05, 0.1) is 4.87 Å². The highest BCUT2D eigenvalue weighted by Crippen LogP contribution is 2.32. The van der Waals surface area contributed by atoms with Gasteiger partial charge in [0.15, 0.2) is 0 Å². The molecule has 3 heteroatoms. The van der Waals surface area contributed by atoms with Crippen molar-refractivity contribution in [2.24, 2.45) is 0 Å². The Labute approximate surface area is 114 Å². The van der Waals surface area contributed by atoms with Crippen molar-refractivity contribution in [1.29, 1.82) is 0 Å². The lowest BCUT2D eigenvalue weighted by molar-refractivity contribution is -0.116. The molecule has 1 amide bonds. The first kappa shape index (κ1) is 14.8. The summed E-state index contributed by atoms with van der Waals surface area (Å²) in [5.41, 5.74) is 3.54. The van der Waals surface area contributed by atoms with Crippen LogP contribution in [-0.4, -0.2) is 12.5 Å². The molecule has 1 N–H and O–H groups in total. The second-order valence-corrected chi connectivity index (χ2v) is 5.76. The van der Waals surface area contributed by atoms with Crippen LogP contribution in [0.15, 0.2) is 30.9 Å². The van der Waals surface area contributed by atoms with Crippen molar-refractivity contribution < 1.29 is 4.79 Å². The van der Waals surface area contributed by atoms with Crippen molar-refractivity contribution in [1.82, 2.24) is 5.32 Å². The predicted molar refractivity (Wildman–Crippen MR) is 77.0 cm³/mol. The fraction of sp³-hybridized carbons (Fsp3) is 0.400. The standard InChI is InChI=1S/C15H20ClNO/c1-5-14(18)17-10-9-12-11(2)7-6-8-13(12)15(3,4)16/h5-8H,1,9-10H2,2-4H3,(H,17,18). The first-order valence-electron chi connectivity index (χ1n) is 6.04. The minimum Gasteiger partial charge on any atom is -0.352 e. The second-order valence-electron chi connectivity index (χ2n) is 4.82. The highest BCUT2D eigenvalue weighted by atomic mass is 35.5. The number of alkyl halides is 1. The largest absolute Gasteiger partial charge is 0.352 e. The molecule has 1 aromatic carbocycles. The van der Waals surface area contributed by atoms with Crippen LogP contribution < -0.4 is 5.32 Å². The molecule has 0 saturated heterocycles. The minimum atomic E-state index is -0.399. The lowest BCUT2D eigenvalue weighted by atomic mass is 9.91. The summed E-state index contributed by atoms with van der Waals surface area (Å²) >= 11 is 6.40. The van der Waals surface area contributed by atoms with Crippen molar-refractivity contribution in [2.75, 3.05) is 6.54 Å². The number of carbonyl (C=O) groups is 1. The molecule has 0 fully saturated rings. The molecular formula is C15H20ClNO. The van der Waals surface area contributed by atoms with Gasteiger partial charge in [-0.05, 0) is 50.0 Å². The highest BCUT2D eigenvalue weighted by molar-refractivity contribution is 6.23. The Morgan fingerprint density at radius 3 is 2.72 bits per heavy atom. The Morgan fingerprint density at radius 2 is 2.17 bits per heavy atom. The second kappa shape index (κ2) is 6.05. The van der Waals surface area contributed by atoms with Crippen molar-refractivity contribution in [3.05, 3.63) is 47.5 Å². The number of hydrogen-bond acceptors (Lipinski definition) is 1. The van der Waals surface area contributed by atoms with E-state index in [0.29, 0.717) is 6.54 Å². The molecule has 0 aromatic heterocycles. The molecule has 0 aliphatic carbocycles. The predicted octanol–water partition coefficient (Wildman–Crippen LogP) is 3.31. The summed E-state index contributed by atoms with van der Waals surface area (Å²) < 4.78 is 0. The summed E-state index contributed by atoms with van der Waals surface area (Å²) in [5, 5.41) is 2.79. The zero-order chi connectivity index (χ0) is 13.8. The van der Waals surface area contributed by atoms with Gasteiger partial charge in [-0.1, -0.05) is 24.8 Å². The van der Waals surface area contributed by atoms with Crippen molar-refractivity contribution in [3.63, 3.8) is 0 Å². The van der Waals surface area contributed by atoms with E-state index in [1.165, 1.54) is 17.2 Å². The molecule has 18 heavy (non-hydrogen) atoms. The third-order valence-corrected chi connectivity index (χ3v) is 3.11. The fourth-order valence-electron chi connectivity index (χ4n) is 1.97. The molecule has 0 saturated carbocycles. The zero-order valence-corrected chi connectivity index (χ0v) is 12.0. The van der Waals surface area contributed by atoms with Gasteiger partial charge in [0, 0.05) is 6.54 Å². The van der Waals surface area contributed by atoms with Crippen LogP contribution in [0.2, 0.25) is 0 Å². The lowest BCUT2D eigenvalue weighted by Gasteiger charge is -2.22. The van der Waals surface area contributed by atoms with E-state index >= 15 is 0 Å². The third kappa shape index (κ3) is 3.88. The van der Waals surface area contributed by atoms with E-state index in [2.05, 4.69) is 24.9 Å². The summed E-state index contributed by atoms with van der Waals surface area (Å²) in [6.07, 6.45) is 2.06. The summed E-state index contributed by atoms with van der Waals surface area (Å²) in [6, 6.07) is 6.13. The van der Waals surface area contributed by atoms with Gasteiger partial charge >= 0.3 is 0 Å². The number of amides is 1. The molecule has 1 aromatic rings. The van der Waals surface area contributed by atoms with Crippen LogP contribution in [0.4, 0.5) is 0 Å². The van der Waals surface area contributed by atoms with Gasteiger partial charge in [0.25, 0.3) is 0 Å². The number of rotatable bonds is 5. The zero-order valence-electron chi connectivity index (χ0n) is 11.2. The van der Waals surface area contributed by atoms with Gasteiger partial charge in [-0.3, -0.25) is 4.79 Å². The van der Waals surface area contributed by atoms with E-state index in [1.54, 1.807) is 0 Å². The molecule has 0 atom stereocenters. The normalized spacial score (nSPS) is 11.1. The molecular weight excluding hydrogens is 246 g/mol. The van der Waals surface area contributed by atoms with E-state index in [-0.39, 0.29) is 5.91 Å². The van der Waals surface area contributed by atoms with E-state index in [4.69, 9.17) is 11.6 Å². The van der Waals surface area contributed by atoms with Gasteiger partial charge < -0.3 is 5.32 Å². The number of nitrogens with one attached hydrogen (secondary N) is 1. The van der Waals surface area contributed by atoms with E-state index < -0.39 is 4.87 Å². The maximum Gasteiger partial charge on any atom is 0.243 e. The Balaban J connectivity index is 2.87. The monoisotopic (exact) mass is 265 g/mol. The van der Waals surface area contributed by atoms with Crippen LogP contribution in [0.1, 0.15) is 30.5 Å². The van der Waals surface area contributed by atoms with Crippen molar-refractivity contribution >= 4 is 17.5 Å². The number of aryl methyl sites for hydroxylation is 1. The number of carbonyl (C=O) groups excluding carboxylic acids is 1. The topological polar surface area (TPSA) is 29.1 Å². The quantitative estimate of drug-likeness (QED) is 0.642. The Bertz CT molecular complexity index is 446. The van der Waals surface area contributed by atoms with Gasteiger partial charge in [-0.2, -0.15) is 0 Å². The van der Waals surface area contributed by atoms with E-state index in [9.17, 15) is 4.79 Å². The summed E-state index contributed by atoms with van der Waals surface area (Å²) in [5.74, 6) is -0.143. The number of benzene rings is 1. The van der Waals surface area contributed by atoms with Crippen LogP contribution >= 0.6 is 11.6 Å². The SMILES string of the molecule is C=CC(=O)NCCc1c(C)cccc1C(C)(C)Cl. The van der Waals surface area contributed by atoms with Crippen molar-refractivity contribution in [3.8, 4) is 0 Å². The van der Waals surface area contributed by atoms with Gasteiger partial charge in [0.1, 0.15) is 0 Å². The fourth-order valence-corrected chi connectivity index (χ4v) is 2.15. The Morgan fingerprint density at radius 1 is 1.50 bits per heavy atom. The molecule has 0 heterocycles. The van der Waals surface area contributed by atoms with Crippen LogP contribution in [0.25, 0.3) is 0 Å². The lowest BCUT2D eigenvalue weighted by Crippen LogP contribution is -2.24. The van der Waals surface area contributed by atoms with E-state index in [0.717, 1.165) is 12.0 Å². The molecule has 0 spiro atoms. The number of halogens is 1. The maximum atomic E-state index is 11.1. The highest BCUT2D eigenvalue weighted by Gasteiger charge is 2.20. The van der Waals surface area contributed by atoms with Crippen molar-refractivity contribution in [2.45, 2.75) is 32.1 Å². The summed E-state index contributed by atoms with van der Waals surface area (Å²) in [4.78, 5) is 10.7. The molecule has 0 aliphatic rings. The average molecular weight is 266 g/mol. The van der Waals surface area contributed by atoms with Gasteiger partial charge in [-0.15, -0.1) is 11.6 Å². The first-order valence-corrected chi connectivity index (χ1v) is 6.42. The molecule has 1 rings (SSSR count). The average Bonchev–Trinajstić information content (AvgIpc) is 2.29. The Hall–Kier alpha value is -1.28. The first-order chi connectivity index (χ1) is 8.36. The van der Waals surface area contributed by atoms with Gasteiger partial charge in [0.2, 0.25) is 5.91 Å². The molecule has 2 nitrogen and oxygen atoms in total. The smallest absolute Gasteiger partial charge is 0.243 e. The summed E-state index contributed by atoms with van der Waals surface area (Å²) in [6.45, 7) is 10.0. The minimum absolute atomic E-state index is 0.143. The van der Waals surface area contributed by atoms with Gasteiger partial charge in [-0.25, -0.2) is 0 Å². The maximum absolute atomic E-state index is 11.1. The number of hydrogen-bond donors (Lipinski definition) is 1. The van der Waals surface area contributed by atoms with Crippen LogP contribution in [0.3, 0.4) is 0 Å². The molecule has 0 aliphatic heterocycles. The van der Waals surface area contributed by atoms with Crippen LogP contribution in [0.5, 0.6) is 0 Å². The molecule has 0 radical (unpaired) electrons.